The van der Waals surface area contributed by atoms with E-state index < -0.39 is 12.0 Å². The van der Waals surface area contributed by atoms with E-state index in [4.69, 9.17) is 9.47 Å². The summed E-state index contributed by atoms with van der Waals surface area (Å²) in [7, 11) is 0. The first-order valence-corrected chi connectivity index (χ1v) is 12.9. The Morgan fingerprint density at radius 3 is 2.47 bits per heavy atom. The number of rotatable bonds is 8. The molecule has 0 aromatic heterocycles. The number of likely N-dealkylation sites (tertiary alicyclic amines) is 1. The van der Waals surface area contributed by atoms with Crippen LogP contribution in [0, 0.1) is 30.1 Å². The van der Waals surface area contributed by atoms with Crippen LogP contribution in [-0.2, 0) is 19.1 Å². The Bertz CT molecular complexity index is 909. The number of benzene rings is 1. The van der Waals surface area contributed by atoms with Gasteiger partial charge in [-0.15, -0.1) is 0 Å². The molecule has 1 N–H and O–H groups in total. The van der Waals surface area contributed by atoms with Gasteiger partial charge in [-0.05, 0) is 93.7 Å². The van der Waals surface area contributed by atoms with E-state index in [1.165, 1.54) is 19.3 Å². The van der Waals surface area contributed by atoms with Crippen molar-refractivity contribution >= 4 is 17.8 Å². The number of hydrogen-bond acceptors (Lipinski definition) is 5. The van der Waals surface area contributed by atoms with E-state index in [9.17, 15) is 14.4 Å². The second-order valence-corrected chi connectivity index (χ2v) is 11.0. The lowest BCUT2D eigenvalue weighted by molar-refractivity contribution is -0.166. The third-order valence-electron chi connectivity index (χ3n) is 8.31. The van der Waals surface area contributed by atoms with Crippen LogP contribution in [0.2, 0.25) is 0 Å². The lowest BCUT2D eigenvalue weighted by Crippen LogP contribution is -2.56. The molecule has 1 aromatic rings. The Hall–Kier alpha value is -2.57. The third kappa shape index (κ3) is 4.80. The highest BCUT2D eigenvalue weighted by Gasteiger charge is 2.57. The Morgan fingerprint density at radius 1 is 1.09 bits per heavy atom. The second kappa shape index (κ2) is 9.59. The minimum absolute atomic E-state index is 0.170. The fraction of sp³-hybridized carbons (Fsp3) is 0.667. The fourth-order valence-corrected chi connectivity index (χ4v) is 7.28. The molecular weight excluding hydrogens is 432 g/mol. The maximum atomic E-state index is 13.7. The van der Waals surface area contributed by atoms with Crippen molar-refractivity contribution in [3.63, 3.8) is 0 Å². The molecule has 0 radical (unpaired) electrons. The summed E-state index contributed by atoms with van der Waals surface area (Å²) in [6, 6.07) is 7.16. The minimum Gasteiger partial charge on any atom is -0.492 e. The first kappa shape index (κ1) is 23.2. The van der Waals surface area contributed by atoms with Crippen LogP contribution in [0.3, 0.4) is 0 Å². The van der Waals surface area contributed by atoms with Gasteiger partial charge in [0.15, 0.2) is 6.61 Å². The maximum Gasteiger partial charge on any atom is 0.329 e. The first-order chi connectivity index (χ1) is 16.4. The molecule has 6 rings (SSSR count). The predicted octanol–water partition coefficient (Wildman–Crippen LogP) is 3.24. The molecule has 184 valence electrons. The van der Waals surface area contributed by atoms with Crippen molar-refractivity contribution in [1.29, 1.82) is 0 Å². The van der Waals surface area contributed by atoms with Crippen molar-refractivity contribution < 1.29 is 23.9 Å². The van der Waals surface area contributed by atoms with Gasteiger partial charge in [-0.2, -0.15) is 0 Å². The van der Waals surface area contributed by atoms with Crippen molar-refractivity contribution in [1.82, 2.24) is 10.2 Å². The van der Waals surface area contributed by atoms with Gasteiger partial charge in [0.05, 0.1) is 12.0 Å². The van der Waals surface area contributed by atoms with Crippen molar-refractivity contribution in [2.24, 2.45) is 23.2 Å². The number of carbonyl (C=O) groups excluding carboxylic acids is 3. The first-order valence-electron chi connectivity index (χ1n) is 12.9. The molecule has 1 unspecified atom stereocenters. The van der Waals surface area contributed by atoms with E-state index in [0.717, 1.165) is 37.0 Å². The van der Waals surface area contributed by atoms with Gasteiger partial charge in [0, 0.05) is 6.54 Å². The number of nitrogens with zero attached hydrogens (tertiary/aromatic N) is 1. The molecule has 1 atom stereocenters. The standard InChI is InChI=1S/C27H36N2O5/c1-18-4-2-5-22(10-18)33-9-7-28-24(30)17-34-25(31)23-6-3-8-29(23)26(32)27-14-19-11-20(15-27)13-21(12-19)16-27/h2,4-5,10,19-21,23H,3,6-9,11-17H2,1H3,(H,28,30). The van der Waals surface area contributed by atoms with E-state index >= 15 is 0 Å². The molecule has 4 saturated carbocycles. The lowest BCUT2D eigenvalue weighted by Gasteiger charge is -2.56. The number of amides is 2. The van der Waals surface area contributed by atoms with Gasteiger partial charge in [-0.25, -0.2) is 4.79 Å². The van der Waals surface area contributed by atoms with Crippen LogP contribution in [0.15, 0.2) is 24.3 Å². The van der Waals surface area contributed by atoms with Crippen molar-refractivity contribution in [3.05, 3.63) is 29.8 Å². The van der Waals surface area contributed by atoms with Gasteiger partial charge in [-0.1, -0.05) is 12.1 Å². The van der Waals surface area contributed by atoms with Crippen molar-refractivity contribution in [2.75, 3.05) is 26.3 Å². The number of nitrogens with one attached hydrogen (secondary N) is 1. The highest BCUT2D eigenvalue weighted by molar-refractivity contribution is 5.90. The van der Waals surface area contributed by atoms with Crippen LogP contribution < -0.4 is 10.1 Å². The van der Waals surface area contributed by atoms with E-state index in [0.29, 0.717) is 43.9 Å². The monoisotopic (exact) mass is 468 g/mol. The Labute approximate surface area is 201 Å². The summed E-state index contributed by atoms with van der Waals surface area (Å²) in [4.78, 5) is 40.4. The number of ether oxygens (including phenoxy) is 2. The molecule has 4 aliphatic carbocycles. The zero-order valence-corrected chi connectivity index (χ0v) is 20.1. The summed E-state index contributed by atoms with van der Waals surface area (Å²) in [6.45, 7) is 2.93. The summed E-state index contributed by atoms with van der Waals surface area (Å²) in [5.74, 6) is 2.15. The highest BCUT2D eigenvalue weighted by Crippen LogP contribution is 2.60. The van der Waals surface area contributed by atoms with Crippen LogP contribution in [0.4, 0.5) is 0 Å². The Morgan fingerprint density at radius 2 is 1.79 bits per heavy atom. The zero-order valence-electron chi connectivity index (χ0n) is 20.1. The molecular formula is C27H36N2O5. The molecule has 1 aliphatic heterocycles. The lowest BCUT2D eigenvalue weighted by atomic mass is 9.49. The minimum atomic E-state index is -0.557. The van der Waals surface area contributed by atoms with Gasteiger partial charge in [0.25, 0.3) is 5.91 Å². The molecule has 7 heteroatoms. The molecule has 1 heterocycles. The average molecular weight is 469 g/mol. The van der Waals surface area contributed by atoms with Gasteiger partial charge < -0.3 is 19.7 Å². The number of carbonyl (C=O) groups is 3. The van der Waals surface area contributed by atoms with Crippen LogP contribution >= 0.6 is 0 Å². The van der Waals surface area contributed by atoms with Crippen molar-refractivity contribution in [3.8, 4) is 5.75 Å². The van der Waals surface area contributed by atoms with Crippen molar-refractivity contribution in [2.45, 2.75) is 64.3 Å². The highest BCUT2D eigenvalue weighted by atomic mass is 16.5. The van der Waals surface area contributed by atoms with Crippen LogP contribution in [0.25, 0.3) is 0 Å². The number of esters is 1. The van der Waals surface area contributed by atoms with E-state index in [2.05, 4.69) is 5.32 Å². The molecule has 5 fully saturated rings. The molecule has 1 saturated heterocycles. The summed E-state index contributed by atoms with van der Waals surface area (Å²) in [5.41, 5.74) is 0.850. The Kier molecular flexibility index (Phi) is 6.54. The summed E-state index contributed by atoms with van der Waals surface area (Å²) >= 11 is 0. The van der Waals surface area contributed by atoms with E-state index in [1.807, 2.05) is 31.2 Å². The van der Waals surface area contributed by atoms with Gasteiger partial charge in [0.1, 0.15) is 18.4 Å². The molecule has 4 bridgehead atoms. The second-order valence-electron chi connectivity index (χ2n) is 11.0. The largest absolute Gasteiger partial charge is 0.492 e. The van der Waals surface area contributed by atoms with E-state index in [-0.39, 0.29) is 23.8 Å². The van der Waals surface area contributed by atoms with Crippen LogP contribution in [0.5, 0.6) is 5.75 Å². The van der Waals surface area contributed by atoms with Gasteiger partial charge in [0.2, 0.25) is 5.91 Å². The summed E-state index contributed by atoms with van der Waals surface area (Å²) in [6.07, 6.45) is 8.23. The normalized spacial score (nSPS) is 31.4. The molecule has 5 aliphatic rings. The topological polar surface area (TPSA) is 84.9 Å². The summed E-state index contributed by atoms with van der Waals surface area (Å²) < 4.78 is 11.0. The molecule has 2 amide bonds. The average Bonchev–Trinajstić information content (AvgIpc) is 3.29. The quantitative estimate of drug-likeness (QED) is 0.468. The smallest absolute Gasteiger partial charge is 0.329 e. The van der Waals surface area contributed by atoms with Gasteiger partial charge >= 0.3 is 5.97 Å². The predicted molar refractivity (Wildman–Crippen MR) is 126 cm³/mol. The fourth-order valence-electron chi connectivity index (χ4n) is 7.28. The number of aryl methyl sites for hydroxylation is 1. The molecule has 7 nitrogen and oxygen atoms in total. The third-order valence-corrected chi connectivity index (χ3v) is 8.31. The Balaban J connectivity index is 1.08. The van der Waals surface area contributed by atoms with Crippen LogP contribution in [0.1, 0.15) is 56.9 Å². The molecule has 34 heavy (non-hydrogen) atoms. The molecule has 0 spiro atoms. The summed E-state index contributed by atoms with van der Waals surface area (Å²) in [5, 5.41) is 2.71. The SMILES string of the molecule is Cc1cccc(OCCNC(=O)COC(=O)C2CCCN2C(=O)C23CC4CC(CC(C4)C2)C3)c1. The number of hydrogen-bond donors (Lipinski definition) is 1. The maximum absolute atomic E-state index is 13.7. The zero-order chi connectivity index (χ0) is 23.7. The van der Waals surface area contributed by atoms with Crippen LogP contribution in [-0.4, -0.2) is 55.0 Å². The molecule has 1 aromatic carbocycles. The van der Waals surface area contributed by atoms with Gasteiger partial charge in [-0.3, -0.25) is 9.59 Å². The van der Waals surface area contributed by atoms with E-state index in [1.54, 1.807) is 4.90 Å².